The summed E-state index contributed by atoms with van der Waals surface area (Å²) in [6.07, 6.45) is 0. The molecule has 0 fully saturated rings. The molecular formula is C6H14F3O6PS. The van der Waals surface area contributed by atoms with Gasteiger partial charge in [0.15, 0.2) is 0 Å². The van der Waals surface area contributed by atoms with Crippen LogP contribution in [0, 0.1) is 0 Å². The Hall–Kier alpha value is 0.0100. The van der Waals surface area contributed by atoms with Crippen LogP contribution in [0.25, 0.3) is 0 Å². The first kappa shape index (κ1) is 17.0. The Kier molecular flexibility index (Phi) is 4.95. The van der Waals surface area contributed by atoms with Gasteiger partial charge in [0, 0.05) is 0 Å². The summed E-state index contributed by atoms with van der Waals surface area (Å²) in [4.78, 5) is 9.76. The van der Waals surface area contributed by atoms with Gasteiger partial charge in [-0.3, -0.25) is 0 Å². The first-order chi connectivity index (χ1) is 7.36. The molecule has 0 aliphatic rings. The normalized spacial score (nSPS) is 16.5. The van der Waals surface area contributed by atoms with Crippen molar-refractivity contribution in [2.75, 3.05) is 19.9 Å². The molecule has 0 radical (unpaired) electrons. The van der Waals surface area contributed by atoms with E-state index in [-0.39, 0.29) is 13.2 Å². The van der Waals surface area contributed by atoms with Gasteiger partial charge in [0.25, 0.3) is 0 Å². The molecule has 6 nitrogen and oxygen atoms in total. The SMILES string of the molecule is CCOP(C)(O)(OCC)OS(=O)(=O)C(F)(F)F. The molecule has 0 aliphatic heterocycles. The molecule has 0 bridgehead atoms. The number of hydrogen-bond acceptors (Lipinski definition) is 6. The van der Waals surface area contributed by atoms with Crippen molar-refractivity contribution in [1.29, 1.82) is 0 Å². The van der Waals surface area contributed by atoms with Gasteiger partial charge in [0.1, 0.15) is 0 Å². The summed E-state index contributed by atoms with van der Waals surface area (Å²) in [5.41, 5.74) is -5.66. The van der Waals surface area contributed by atoms with Gasteiger partial charge in [0.05, 0.1) is 0 Å². The zero-order valence-corrected chi connectivity index (χ0v) is 11.1. The molecule has 0 saturated heterocycles. The predicted molar refractivity (Wildman–Crippen MR) is 54.4 cm³/mol. The Morgan fingerprint density at radius 3 is 1.76 bits per heavy atom. The standard InChI is InChI=1S/C6H14F3O6PS/c1-4-13-16(3,10,14-5-2)15-17(11,12)6(7,8)9/h10H,4-5H2,1-3H3. The van der Waals surface area contributed by atoms with Gasteiger partial charge < -0.3 is 0 Å². The summed E-state index contributed by atoms with van der Waals surface area (Å²) in [7, 11) is -11.3. The third kappa shape index (κ3) is 4.65. The Labute approximate surface area is 97.0 Å². The van der Waals surface area contributed by atoms with E-state index < -0.39 is 23.1 Å². The zero-order chi connectivity index (χ0) is 14.0. The summed E-state index contributed by atoms with van der Waals surface area (Å²) in [5, 5.41) is 0. The van der Waals surface area contributed by atoms with Gasteiger partial charge in [-0.05, 0) is 0 Å². The van der Waals surface area contributed by atoms with E-state index in [9.17, 15) is 26.5 Å². The summed E-state index contributed by atoms with van der Waals surface area (Å²) >= 11 is 0. The Balaban J connectivity index is 5.30. The van der Waals surface area contributed by atoms with Crippen LogP contribution in [-0.4, -0.2) is 38.7 Å². The van der Waals surface area contributed by atoms with Crippen LogP contribution in [0.1, 0.15) is 13.8 Å². The predicted octanol–water partition coefficient (Wildman–Crippen LogP) is 1.76. The average molecular weight is 302 g/mol. The van der Waals surface area contributed by atoms with E-state index in [4.69, 9.17) is 0 Å². The summed E-state index contributed by atoms with van der Waals surface area (Å²) < 4.78 is 70.7. The number of rotatable bonds is 6. The van der Waals surface area contributed by atoms with Gasteiger partial charge in [0.2, 0.25) is 0 Å². The first-order valence-corrected chi connectivity index (χ1v) is 8.26. The van der Waals surface area contributed by atoms with Crippen LogP contribution in [0.5, 0.6) is 0 Å². The van der Waals surface area contributed by atoms with Crippen LogP contribution >= 0.6 is 7.51 Å². The van der Waals surface area contributed by atoms with Crippen molar-refractivity contribution in [2.45, 2.75) is 19.4 Å². The van der Waals surface area contributed by atoms with Crippen molar-refractivity contribution >= 4 is 17.6 Å². The van der Waals surface area contributed by atoms with E-state index in [0.717, 1.165) is 0 Å². The van der Waals surface area contributed by atoms with Crippen molar-refractivity contribution in [3.05, 3.63) is 0 Å². The van der Waals surface area contributed by atoms with E-state index in [1.807, 2.05) is 0 Å². The third-order valence-electron chi connectivity index (χ3n) is 1.39. The number of alkyl halides is 3. The molecule has 0 aromatic carbocycles. The molecular weight excluding hydrogens is 288 g/mol. The quantitative estimate of drug-likeness (QED) is 0.594. The fourth-order valence-corrected chi connectivity index (χ4v) is 4.63. The minimum absolute atomic E-state index is 0.280. The monoisotopic (exact) mass is 302 g/mol. The molecule has 0 atom stereocenters. The summed E-state index contributed by atoms with van der Waals surface area (Å²) in [6.45, 7) is 2.77. The van der Waals surface area contributed by atoms with Crippen LogP contribution in [0.15, 0.2) is 0 Å². The fraction of sp³-hybridized carbons (Fsp3) is 1.00. The van der Waals surface area contributed by atoms with Crippen molar-refractivity contribution in [3.8, 4) is 0 Å². The molecule has 0 spiro atoms. The maximum atomic E-state index is 12.1. The molecule has 0 saturated carbocycles. The minimum atomic E-state index is -6.00. The molecule has 106 valence electrons. The van der Waals surface area contributed by atoms with Gasteiger partial charge in [-0.25, -0.2) is 0 Å². The molecule has 11 heteroatoms. The first-order valence-electron chi connectivity index (χ1n) is 4.46. The van der Waals surface area contributed by atoms with Crippen molar-refractivity contribution in [3.63, 3.8) is 0 Å². The number of halogens is 3. The molecule has 0 aliphatic carbocycles. The van der Waals surface area contributed by atoms with Gasteiger partial charge in [-0.1, -0.05) is 0 Å². The van der Waals surface area contributed by atoms with E-state index >= 15 is 0 Å². The molecule has 0 unspecified atom stereocenters. The Morgan fingerprint density at radius 2 is 1.53 bits per heavy atom. The number of hydrogen-bond donors (Lipinski definition) is 1. The van der Waals surface area contributed by atoms with E-state index in [1.54, 1.807) is 0 Å². The fourth-order valence-electron chi connectivity index (χ4n) is 0.929. The van der Waals surface area contributed by atoms with E-state index in [1.165, 1.54) is 13.8 Å². The summed E-state index contributed by atoms with van der Waals surface area (Å²) in [5.74, 6) is 0. The van der Waals surface area contributed by atoms with E-state index in [2.05, 4.69) is 13.0 Å². The zero-order valence-electron chi connectivity index (χ0n) is 9.39. The molecule has 0 amide bonds. The van der Waals surface area contributed by atoms with Crippen LogP contribution in [0.3, 0.4) is 0 Å². The topological polar surface area (TPSA) is 82.1 Å². The maximum absolute atomic E-state index is 12.1. The van der Waals surface area contributed by atoms with Crippen molar-refractivity contribution < 1.29 is 39.5 Å². The molecule has 0 aromatic heterocycles. The third-order valence-corrected chi connectivity index (χ3v) is 5.78. The van der Waals surface area contributed by atoms with Crippen LogP contribution in [-0.2, 0) is 23.1 Å². The average Bonchev–Trinajstić information content (AvgIpc) is 1.98. The second-order valence-corrected chi connectivity index (χ2v) is 7.94. The van der Waals surface area contributed by atoms with Crippen molar-refractivity contribution in [1.82, 2.24) is 0 Å². The van der Waals surface area contributed by atoms with Gasteiger partial charge in [-0.2, -0.15) is 0 Å². The van der Waals surface area contributed by atoms with Crippen LogP contribution in [0.4, 0.5) is 13.2 Å². The van der Waals surface area contributed by atoms with Crippen LogP contribution in [0.2, 0.25) is 0 Å². The summed E-state index contributed by atoms with van der Waals surface area (Å²) in [6, 6.07) is 0. The van der Waals surface area contributed by atoms with Gasteiger partial charge >= 0.3 is 96.4 Å². The second kappa shape index (κ2) is 4.94. The second-order valence-electron chi connectivity index (χ2n) is 3.03. The van der Waals surface area contributed by atoms with Crippen molar-refractivity contribution in [2.24, 2.45) is 0 Å². The molecule has 17 heavy (non-hydrogen) atoms. The van der Waals surface area contributed by atoms with Crippen LogP contribution < -0.4 is 0 Å². The Bertz CT molecular complexity index is 354. The molecule has 1 N–H and O–H groups in total. The molecule has 0 rings (SSSR count). The molecule has 0 heterocycles. The van der Waals surface area contributed by atoms with E-state index in [0.29, 0.717) is 6.66 Å². The van der Waals surface area contributed by atoms with Gasteiger partial charge in [-0.15, -0.1) is 0 Å². The Morgan fingerprint density at radius 1 is 1.18 bits per heavy atom. The molecule has 0 aromatic rings.